The summed E-state index contributed by atoms with van der Waals surface area (Å²) in [6.07, 6.45) is 18.6. The standard InChI is InChI=1S/C9H13.C5H5.Fe/c1-9(2,3)8-6-4-5-7-8;1-2-4-5-3-1;/h4,6H,5H2,1-3H3;1-3H,4H2;/q2*-1;+2. The van der Waals surface area contributed by atoms with Crippen LogP contribution in [0.1, 0.15) is 33.6 Å². The predicted octanol–water partition coefficient (Wildman–Crippen LogP) is 4.03. The third kappa shape index (κ3) is 5.81. The van der Waals surface area contributed by atoms with Crippen molar-refractivity contribution < 1.29 is 17.1 Å². The van der Waals surface area contributed by atoms with E-state index in [0.29, 0.717) is 5.41 Å². The van der Waals surface area contributed by atoms with Crippen LogP contribution in [0.5, 0.6) is 0 Å². The second kappa shape index (κ2) is 6.87. The van der Waals surface area contributed by atoms with E-state index in [-0.39, 0.29) is 17.1 Å². The molecule has 82 valence electrons. The minimum absolute atomic E-state index is 0. The molecule has 0 saturated carbocycles. The van der Waals surface area contributed by atoms with Gasteiger partial charge >= 0.3 is 17.1 Å². The Balaban J connectivity index is 0.000000280. The fourth-order valence-corrected chi connectivity index (χ4v) is 1.26. The second-order valence-electron chi connectivity index (χ2n) is 4.45. The topological polar surface area (TPSA) is 0 Å². The molecule has 0 heterocycles. The molecule has 0 aliphatic heterocycles. The van der Waals surface area contributed by atoms with Gasteiger partial charge in [0.15, 0.2) is 0 Å². The summed E-state index contributed by atoms with van der Waals surface area (Å²) in [6.45, 7) is 6.64. The predicted molar refractivity (Wildman–Crippen MR) is 61.5 cm³/mol. The van der Waals surface area contributed by atoms with E-state index in [2.05, 4.69) is 51.2 Å². The van der Waals surface area contributed by atoms with Crippen molar-refractivity contribution in [3.63, 3.8) is 0 Å². The molecule has 2 aliphatic carbocycles. The Morgan fingerprint density at radius 2 is 1.87 bits per heavy atom. The largest absolute Gasteiger partial charge is 2.00 e. The van der Waals surface area contributed by atoms with Crippen LogP contribution in [0, 0.1) is 17.6 Å². The maximum atomic E-state index is 3.30. The fraction of sp³-hybridized carbons (Fsp3) is 0.429. The van der Waals surface area contributed by atoms with Crippen molar-refractivity contribution in [2.75, 3.05) is 0 Å². The molecule has 2 rings (SSSR count). The first-order chi connectivity index (χ1) is 6.61. The molecule has 0 nitrogen and oxygen atoms in total. The second-order valence-corrected chi connectivity index (χ2v) is 4.45. The van der Waals surface area contributed by atoms with Gasteiger partial charge < -0.3 is 0 Å². The molecule has 0 N–H and O–H groups in total. The van der Waals surface area contributed by atoms with Gasteiger partial charge in [0, 0.05) is 0 Å². The van der Waals surface area contributed by atoms with Gasteiger partial charge in [0.2, 0.25) is 0 Å². The molecule has 0 spiro atoms. The van der Waals surface area contributed by atoms with Gasteiger partial charge in [-0.2, -0.15) is 12.2 Å². The van der Waals surface area contributed by atoms with Gasteiger partial charge in [0.1, 0.15) is 0 Å². The van der Waals surface area contributed by atoms with Crippen molar-refractivity contribution in [3.8, 4) is 0 Å². The minimum atomic E-state index is 0. The van der Waals surface area contributed by atoms with Gasteiger partial charge in [-0.3, -0.25) is 12.2 Å². The minimum Gasteiger partial charge on any atom is -0.273 e. The average Bonchev–Trinajstić information content (AvgIpc) is 2.80. The van der Waals surface area contributed by atoms with Crippen LogP contribution in [-0.2, 0) is 17.1 Å². The molecular weight excluding hydrogens is 224 g/mol. The number of allylic oxidation sites excluding steroid dienone is 8. The summed E-state index contributed by atoms with van der Waals surface area (Å²) in [5, 5.41) is 0. The van der Waals surface area contributed by atoms with Crippen molar-refractivity contribution in [2.24, 2.45) is 5.41 Å². The maximum Gasteiger partial charge on any atom is 2.00 e. The zero-order valence-corrected chi connectivity index (χ0v) is 10.8. The summed E-state index contributed by atoms with van der Waals surface area (Å²) in [4.78, 5) is 0. The van der Waals surface area contributed by atoms with Crippen LogP contribution in [0.15, 0.2) is 36.0 Å². The van der Waals surface area contributed by atoms with Crippen LogP contribution < -0.4 is 0 Å². The number of hydrogen-bond acceptors (Lipinski definition) is 0. The molecule has 0 aromatic rings. The van der Waals surface area contributed by atoms with E-state index < -0.39 is 0 Å². The molecule has 0 aromatic heterocycles. The third-order valence-corrected chi connectivity index (χ3v) is 2.09. The summed E-state index contributed by atoms with van der Waals surface area (Å²) >= 11 is 0. The van der Waals surface area contributed by atoms with Gasteiger partial charge in [-0.1, -0.05) is 20.8 Å². The van der Waals surface area contributed by atoms with Crippen LogP contribution in [0.3, 0.4) is 0 Å². The van der Waals surface area contributed by atoms with E-state index in [9.17, 15) is 0 Å². The van der Waals surface area contributed by atoms with E-state index >= 15 is 0 Å². The summed E-state index contributed by atoms with van der Waals surface area (Å²) in [5.41, 5.74) is 1.65. The van der Waals surface area contributed by atoms with Crippen LogP contribution in [-0.4, -0.2) is 0 Å². The first-order valence-electron chi connectivity index (χ1n) is 5.10. The first-order valence-corrected chi connectivity index (χ1v) is 5.10. The van der Waals surface area contributed by atoms with Crippen LogP contribution in [0.4, 0.5) is 0 Å². The van der Waals surface area contributed by atoms with Crippen molar-refractivity contribution in [1.29, 1.82) is 0 Å². The summed E-state index contributed by atoms with van der Waals surface area (Å²) in [5.74, 6) is 0. The van der Waals surface area contributed by atoms with E-state index in [4.69, 9.17) is 0 Å². The van der Waals surface area contributed by atoms with Crippen molar-refractivity contribution >= 4 is 0 Å². The molecular formula is C14H18Fe. The molecule has 2 aliphatic rings. The normalized spacial score (nSPS) is 16.9. The monoisotopic (exact) mass is 242 g/mol. The van der Waals surface area contributed by atoms with E-state index in [1.807, 2.05) is 12.2 Å². The summed E-state index contributed by atoms with van der Waals surface area (Å²) < 4.78 is 0. The van der Waals surface area contributed by atoms with E-state index in [1.54, 1.807) is 0 Å². The molecule has 0 aromatic carbocycles. The molecule has 0 unspecified atom stereocenters. The Morgan fingerprint density at radius 3 is 2.07 bits per heavy atom. The number of hydrogen-bond donors (Lipinski definition) is 0. The Morgan fingerprint density at radius 1 is 1.13 bits per heavy atom. The zero-order chi connectivity index (χ0) is 10.4. The Labute approximate surface area is 104 Å². The Bertz CT molecular complexity index is 275. The quantitative estimate of drug-likeness (QED) is 0.444. The molecule has 0 saturated heterocycles. The molecule has 15 heavy (non-hydrogen) atoms. The van der Waals surface area contributed by atoms with Crippen LogP contribution >= 0.6 is 0 Å². The molecule has 0 fully saturated rings. The van der Waals surface area contributed by atoms with E-state index in [1.165, 1.54) is 5.57 Å². The van der Waals surface area contributed by atoms with Crippen LogP contribution in [0.2, 0.25) is 0 Å². The van der Waals surface area contributed by atoms with E-state index in [0.717, 1.165) is 12.8 Å². The van der Waals surface area contributed by atoms with Gasteiger partial charge in [-0.05, 0) is 5.41 Å². The smallest absolute Gasteiger partial charge is 0.273 e. The fourth-order valence-electron chi connectivity index (χ4n) is 1.26. The maximum absolute atomic E-state index is 3.30. The third-order valence-electron chi connectivity index (χ3n) is 2.09. The summed E-state index contributed by atoms with van der Waals surface area (Å²) in [7, 11) is 0. The van der Waals surface area contributed by atoms with Gasteiger partial charge in [0.05, 0.1) is 0 Å². The van der Waals surface area contributed by atoms with Crippen LogP contribution in [0.25, 0.3) is 0 Å². The Hall–Kier alpha value is -0.521. The van der Waals surface area contributed by atoms with Gasteiger partial charge in [-0.15, -0.1) is 12.8 Å². The van der Waals surface area contributed by atoms with Crippen molar-refractivity contribution in [3.05, 3.63) is 48.1 Å². The molecule has 0 atom stereocenters. The van der Waals surface area contributed by atoms with Crippen molar-refractivity contribution in [2.45, 2.75) is 33.6 Å². The van der Waals surface area contributed by atoms with Gasteiger partial charge in [-0.25, -0.2) is 23.8 Å². The molecule has 0 bridgehead atoms. The first kappa shape index (κ1) is 14.5. The summed E-state index contributed by atoms with van der Waals surface area (Å²) in [6, 6.07) is 0. The Kier molecular flexibility index (Phi) is 6.63. The molecule has 0 radical (unpaired) electrons. The average molecular weight is 242 g/mol. The molecule has 1 heteroatoms. The van der Waals surface area contributed by atoms with Gasteiger partial charge in [0.25, 0.3) is 0 Å². The molecule has 0 amide bonds. The zero-order valence-electron chi connectivity index (χ0n) is 9.65. The number of rotatable bonds is 0. The SMILES string of the molecule is CC(C)(C)C1=[C-]CC=C1.[C-]1=CC=CC1.[Fe+2]. The van der Waals surface area contributed by atoms with Crippen molar-refractivity contribution in [1.82, 2.24) is 0 Å².